The fourth-order valence-electron chi connectivity index (χ4n) is 3.03. The van der Waals surface area contributed by atoms with Crippen molar-refractivity contribution in [2.45, 2.75) is 96.8 Å². The summed E-state index contributed by atoms with van der Waals surface area (Å²) in [5.74, 6) is -0.239. The Morgan fingerprint density at radius 1 is 0.760 bits per heavy atom. The molecule has 0 aliphatic carbocycles. The molecule has 25 heavy (non-hydrogen) atoms. The van der Waals surface area contributed by atoms with Gasteiger partial charge in [0.15, 0.2) is 0 Å². The van der Waals surface area contributed by atoms with Gasteiger partial charge in [0, 0.05) is 12.4 Å². The van der Waals surface area contributed by atoms with E-state index in [0.717, 1.165) is 12.8 Å². The third-order valence-electron chi connectivity index (χ3n) is 4.65. The highest BCUT2D eigenvalue weighted by atomic mass is 16.5. The normalized spacial score (nSPS) is 10.8. The van der Waals surface area contributed by atoms with Crippen LogP contribution in [-0.2, 0) is 4.74 Å². The molecule has 0 atom stereocenters. The van der Waals surface area contributed by atoms with E-state index in [9.17, 15) is 4.79 Å². The van der Waals surface area contributed by atoms with Crippen molar-refractivity contribution in [2.24, 2.45) is 0 Å². The molecule has 0 spiro atoms. The Morgan fingerprint density at radius 3 is 1.68 bits per heavy atom. The Hall–Kier alpha value is -1.38. The lowest BCUT2D eigenvalue weighted by molar-refractivity contribution is 0.0497. The van der Waals surface area contributed by atoms with E-state index in [1.165, 1.54) is 77.0 Å². The molecule has 1 heterocycles. The van der Waals surface area contributed by atoms with Crippen LogP contribution in [-0.4, -0.2) is 17.6 Å². The molecule has 1 aromatic rings. The number of aromatic nitrogens is 1. The van der Waals surface area contributed by atoms with E-state index in [1.807, 2.05) is 0 Å². The number of hydrogen-bond acceptors (Lipinski definition) is 3. The zero-order valence-corrected chi connectivity index (χ0v) is 16.2. The molecule has 0 radical (unpaired) electrons. The number of carbonyl (C=O) groups is 1. The molecule has 0 aliphatic heterocycles. The monoisotopic (exact) mass is 347 g/mol. The van der Waals surface area contributed by atoms with E-state index in [2.05, 4.69) is 11.9 Å². The first-order valence-electron chi connectivity index (χ1n) is 10.4. The first kappa shape index (κ1) is 21.7. The standard InChI is InChI=1S/C22H37NO2/c1-2-3-4-5-6-7-8-9-10-11-12-13-14-15-20-25-22(24)21-16-18-23-19-17-21/h16-19H,2-15,20H2,1H3. The van der Waals surface area contributed by atoms with Gasteiger partial charge in [0.25, 0.3) is 0 Å². The summed E-state index contributed by atoms with van der Waals surface area (Å²) in [4.78, 5) is 15.6. The summed E-state index contributed by atoms with van der Waals surface area (Å²) in [6.07, 6.45) is 21.9. The topological polar surface area (TPSA) is 39.2 Å². The molecule has 0 aliphatic rings. The third kappa shape index (κ3) is 12.6. The minimum absolute atomic E-state index is 0.239. The van der Waals surface area contributed by atoms with Crippen LogP contribution in [0, 0.1) is 0 Å². The van der Waals surface area contributed by atoms with Crippen molar-refractivity contribution in [1.29, 1.82) is 0 Å². The molecule has 0 amide bonds. The summed E-state index contributed by atoms with van der Waals surface area (Å²) in [6, 6.07) is 3.38. The molecule has 0 saturated carbocycles. The van der Waals surface area contributed by atoms with Crippen LogP contribution in [0.25, 0.3) is 0 Å². The maximum Gasteiger partial charge on any atom is 0.338 e. The van der Waals surface area contributed by atoms with E-state index in [4.69, 9.17) is 4.74 Å². The van der Waals surface area contributed by atoms with Crippen LogP contribution < -0.4 is 0 Å². The van der Waals surface area contributed by atoms with E-state index >= 15 is 0 Å². The minimum Gasteiger partial charge on any atom is -0.462 e. The number of pyridine rings is 1. The minimum atomic E-state index is -0.239. The smallest absolute Gasteiger partial charge is 0.338 e. The second-order valence-electron chi connectivity index (χ2n) is 6.97. The zero-order chi connectivity index (χ0) is 18.0. The number of rotatable bonds is 16. The molecule has 0 N–H and O–H groups in total. The van der Waals surface area contributed by atoms with Gasteiger partial charge in [-0.1, -0.05) is 90.4 Å². The van der Waals surface area contributed by atoms with Crippen LogP contribution in [0.15, 0.2) is 24.5 Å². The largest absolute Gasteiger partial charge is 0.462 e. The molecule has 0 fully saturated rings. The van der Waals surface area contributed by atoms with E-state index in [1.54, 1.807) is 24.5 Å². The summed E-state index contributed by atoms with van der Waals surface area (Å²) in [7, 11) is 0. The second-order valence-corrected chi connectivity index (χ2v) is 6.97. The zero-order valence-electron chi connectivity index (χ0n) is 16.2. The Labute approximate surface area is 154 Å². The number of carbonyl (C=O) groups excluding carboxylic acids is 1. The summed E-state index contributed by atoms with van der Waals surface area (Å²) in [5, 5.41) is 0. The lowest BCUT2D eigenvalue weighted by Crippen LogP contribution is -2.06. The van der Waals surface area contributed by atoms with Crippen molar-refractivity contribution in [3.63, 3.8) is 0 Å². The van der Waals surface area contributed by atoms with Gasteiger partial charge in [0.1, 0.15) is 0 Å². The highest BCUT2D eigenvalue weighted by Crippen LogP contribution is 2.13. The van der Waals surface area contributed by atoms with Gasteiger partial charge in [-0.2, -0.15) is 0 Å². The first-order chi connectivity index (χ1) is 12.3. The lowest BCUT2D eigenvalue weighted by atomic mass is 10.0. The number of ether oxygens (including phenoxy) is 1. The molecule has 142 valence electrons. The SMILES string of the molecule is CCCCCCCCCCCCCCCCOC(=O)c1ccncc1. The molecule has 0 saturated heterocycles. The quantitative estimate of drug-likeness (QED) is 0.246. The van der Waals surface area contributed by atoms with E-state index < -0.39 is 0 Å². The molecule has 0 unspecified atom stereocenters. The van der Waals surface area contributed by atoms with Gasteiger partial charge in [-0.05, 0) is 18.6 Å². The average molecular weight is 348 g/mol. The predicted molar refractivity (Wildman–Crippen MR) is 105 cm³/mol. The van der Waals surface area contributed by atoms with Crippen molar-refractivity contribution in [1.82, 2.24) is 4.98 Å². The van der Waals surface area contributed by atoms with E-state index in [-0.39, 0.29) is 5.97 Å². The lowest BCUT2D eigenvalue weighted by Gasteiger charge is -2.05. The first-order valence-corrected chi connectivity index (χ1v) is 10.4. The van der Waals surface area contributed by atoms with Crippen LogP contribution in [0.3, 0.4) is 0 Å². The van der Waals surface area contributed by atoms with Gasteiger partial charge < -0.3 is 4.74 Å². The summed E-state index contributed by atoms with van der Waals surface area (Å²) in [6.45, 7) is 2.80. The highest BCUT2D eigenvalue weighted by Gasteiger charge is 2.05. The van der Waals surface area contributed by atoms with Crippen LogP contribution in [0.1, 0.15) is 107 Å². The van der Waals surface area contributed by atoms with Crippen molar-refractivity contribution in [3.05, 3.63) is 30.1 Å². The fraction of sp³-hybridized carbons (Fsp3) is 0.727. The van der Waals surface area contributed by atoms with Gasteiger partial charge in [-0.3, -0.25) is 4.98 Å². The maximum absolute atomic E-state index is 11.7. The van der Waals surface area contributed by atoms with Gasteiger partial charge in [0.05, 0.1) is 12.2 Å². The summed E-state index contributed by atoms with van der Waals surface area (Å²) >= 11 is 0. The molecule has 0 bridgehead atoms. The molecular weight excluding hydrogens is 310 g/mol. The van der Waals surface area contributed by atoms with Crippen molar-refractivity contribution >= 4 is 5.97 Å². The van der Waals surface area contributed by atoms with Crippen LogP contribution in [0.4, 0.5) is 0 Å². The van der Waals surface area contributed by atoms with Gasteiger partial charge >= 0.3 is 5.97 Å². The van der Waals surface area contributed by atoms with Crippen molar-refractivity contribution in [2.75, 3.05) is 6.61 Å². The molecule has 3 nitrogen and oxygen atoms in total. The van der Waals surface area contributed by atoms with Crippen LogP contribution in [0.5, 0.6) is 0 Å². The summed E-state index contributed by atoms with van der Waals surface area (Å²) in [5.41, 5.74) is 0.584. The number of hydrogen-bond donors (Lipinski definition) is 0. The number of nitrogens with zero attached hydrogens (tertiary/aromatic N) is 1. The number of esters is 1. The molecule has 1 aromatic heterocycles. The molecule has 1 rings (SSSR count). The van der Waals surface area contributed by atoms with Gasteiger partial charge in [0.2, 0.25) is 0 Å². The van der Waals surface area contributed by atoms with Crippen LogP contribution >= 0.6 is 0 Å². The Morgan fingerprint density at radius 2 is 1.20 bits per heavy atom. The molecular formula is C22H37NO2. The Kier molecular flexibility index (Phi) is 14.0. The molecule has 0 aromatic carbocycles. The Balaban J connectivity index is 1.78. The highest BCUT2D eigenvalue weighted by molar-refractivity contribution is 5.89. The van der Waals surface area contributed by atoms with Crippen LogP contribution in [0.2, 0.25) is 0 Å². The van der Waals surface area contributed by atoms with Gasteiger partial charge in [-0.25, -0.2) is 4.79 Å². The van der Waals surface area contributed by atoms with Gasteiger partial charge in [-0.15, -0.1) is 0 Å². The fourth-order valence-corrected chi connectivity index (χ4v) is 3.03. The third-order valence-corrected chi connectivity index (χ3v) is 4.65. The average Bonchev–Trinajstić information content (AvgIpc) is 2.65. The Bertz CT molecular complexity index is 419. The maximum atomic E-state index is 11.7. The molecule has 3 heteroatoms. The van der Waals surface area contributed by atoms with Crippen molar-refractivity contribution < 1.29 is 9.53 Å². The van der Waals surface area contributed by atoms with E-state index in [0.29, 0.717) is 12.2 Å². The second kappa shape index (κ2) is 16.1. The number of unbranched alkanes of at least 4 members (excludes halogenated alkanes) is 13. The van der Waals surface area contributed by atoms with Crippen molar-refractivity contribution in [3.8, 4) is 0 Å². The predicted octanol–water partition coefficient (Wildman–Crippen LogP) is 6.72. The summed E-state index contributed by atoms with van der Waals surface area (Å²) < 4.78 is 5.27.